The topological polar surface area (TPSA) is 55.3 Å². The van der Waals surface area contributed by atoms with Crippen LogP contribution >= 0.6 is 11.7 Å². The van der Waals surface area contributed by atoms with E-state index in [1.807, 2.05) is 36.1 Å². The van der Waals surface area contributed by atoms with Crippen LogP contribution in [0.4, 0.5) is 0 Å². The van der Waals surface area contributed by atoms with Crippen LogP contribution in [0.15, 0.2) is 54.6 Å². The van der Waals surface area contributed by atoms with Gasteiger partial charge in [-0.15, -0.1) is 0 Å². The van der Waals surface area contributed by atoms with Crippen LogP contribution in [-0.2, 0) is 13.0 Å². The minimum absolute atomic E-state index is 0.106. The molecule has 5 nitrogen and oxygen atoms in total. The standard InChI is InChI=1S/C23H25N3O2S/c1-17-22(25-29-24-17)16-28-21-9-7-20(8-10-21)23(27)26-13-11-19(12-14-26)15-18-5-3-2-4-6-18/h2-10,19H,11-16H2,1H3. The van der Waals surface area contributed by atoms with E-state index in [4.69, 9.17) is 4.74 Å². The van der Waals surface area contributed by atoms with E-state index in [0.29, 0.717) is 18.1 Å². The lowest BCUT2D eigenvalue weighted by molar-refractivity contribution is 0.0690. The number of aryl methyl sites for hydroxylation is 1. The molecule has 150 valence electrons. The summed E-state index contributed by atoms with van der Waals surface area (Å²) in [6.07, 6.45) is 3.22. The van der Waals surface area contributed by atoms with Gasteiger partial charge in [-0.3, -0.25) is 4.79 Å². The molecule has 29 heavy (non-hydrogen) atoms. The average molecular weight is 408 g/mol. The largest absolute Gasteiger partial charge is 0.487 e. The zero-order valence-corrected chi connectivity index (χ0v) is 17.4. The molecule has 4 rings (SSSR count). The Balaban J connectivity index is 1.28. The molecule has 2 heterocycles. The van der Waals surface area contributed by atoms with Crippen LogP contribution in [0.1, 0.15) is 40.2 Å². The average Bonchev–Trinajstić information content (AvgIpc) is 3.18. The number of likely N-dealkylation sites (tertiary alicyclic amines) is 1. The molecule has 1 amide bonds. The molecule has 0 atom stereocenters. The monoisotopic (exact) mass is 407 g/mol. The molecule has 0 N–H and O–H groups in total. The van der Waals surface area contributed by atoms with Crippen LogP contribution in [0.2, 0.25) is 0 Å². The van der Waals surface area contributed by atoms with E-state index >= 15 is 0 Å². The normalized spacial score (nSPS) is 14.7. The SMILES string of the molecule is Cc1nsnc1COc1ccc(C(=O)N2CCC(Cc3ccccc3)CC2)cc1. The van der Waals surface area contributed by atoms with Crippen molar-refractivity contribution in [3.63, 3.8) is 0 Å². The van der Waals surface area contributed by atoms with Crippen molar-refractivity contribution in [2.24, 2.45) is 5.92 Å². The number of hydrogen-bond donors (Lipinski definition) is 0. The molecule has 1 saturated heterocycles. The molecule has 1 aromatic heterocycles. The van der Waals surface area contributed by atoms with Gasteiger partial charge in [-0.05, 0) is 61.9 Å². The van der Waals surface area contributed by atoms with Crippen LogP contribution < -0.4 is 4.74 Å². The van der Waals surface area contributed by atoms with E-state index < -0.39 is 0 Å². The molecule has 1 aliphatic heterocycles. The first-order chi connectivity index (χ1) is 14.2. The Labute approximate surface area is 175 Å². The van der Waals surface area contributed by atoms with E-state index in [1.54, 1.807) is 0 Å². The van der Waals surface area contributed by atoms with Gasteiger partial charge in [0.05, 0.1) is 17.4 Å². The lowest BCUT2D eigenvalue weighted by Gasteiger charge is -2.32. The zero-order chi connectivity index (χ0) is 20.1. The summed E-state index contributed by atoms with van der Waals surface area (Å²) < 4.78 is 14.1. The Kier molecular flexibility index (Phi) is 6.20. The maximum absolute atomic E-state index is 12.8. The van der Waals surface area contributed by atoms with Gasteiger partial charge in [0.2, 0.25) is 0 Å². The van der Waals surface area contributed by atoms with Gasteiger partial charge >= 0.3 is 0 Å². The van der Waals surface area contributed by atoms with Crippen molar-refractivity contribution in [2.45, 2.75) is 32.8 Å². The van der Waals surface area contributed by atoms with Crippen LogP contribution in [0.5, 0.6) is 5.75 Å². The minimum atomic E-state index is 0.106. The molecule has 1 aliphatic rings. The molecule has 0 unspecified atom stereocenters. The quantitative estimate of drug-likeness (QED) is 0.603. The highest BCUT2D eigenvalue weighted by molar-refractivity contribution is 6.99. The van der Waals surface area contributed by atoms with Crippen LogP contribution in [-0.4, -0.2) is 32.6 Å². The number of nitrogens with zero attached hydrogens (tertiary/aromatic N) is 3. The predicted molar refractivity (Wildman–Crippen MR) is 114 cm³/mol. The van der Waals surface area contributed by atoms with Crippen molar-refractivity contribution in [2.75, 3.05) is 13.1 Å². The van der Waals surface area contributed by atoms with Gasteiger partial charge in [0.15, 0.2) is 0 Å². The van der Waals surface area contributed by atoms with Crippen molar-refractivity contribution < 1.29 is 9.53 Å². The van der Waals surface area contributed by atoms with E-state index in [-0.39, 0.29) is 5.91 Å². The predicted octanol–water partition coefficient (Wildman–Crippen LogP) is 4.52. The number of ether oxygens (including phenoxy) is 1. The molecule has 0 bridgehead atoms. The fourth-order valence-electron chi connectivity index (χ4n) is 3.70. The molecule has 6 heteroatoms. The van der Waals surface area contributed by atoms with Crippen LogP contribution in [0.3, 0.4) is 0 Å². The lowest BCUT2D eigenvalue weighted by Crippen LogP contribution is -2.38. The molecule has 0 spiro atoms. The van der Waals surface area contributed by atoms with Crippen LogP contribution in [0, 0.1) is 12.8 Å². The first-order valence-corrected chi connectivity index (χ1v) is 10.8. The van der Waals surface area contributed by atoms with Gasteiger partial charge in [0, 0.05) is 18.7 Å². The van der Waals surface area contributed by atoms with Crippen molar-refractivity contribution >= 4 is 17.6 Å². The van der Waals surface area contributed by atoms with E-state index in [1.165, 1.54) is 17.3 Å². The van der Waals surface area contributed by atoms with Crippen molar-refractivity contribution in [1.29, 1.82) is 0 Å². The number of hydrogen-bond acceptors (Lipinski definition) is 5. The molecule has 0 saturated carbocycles. The Bertz CT molecular complexity index is 932. The number of aromatic nitrogens is 2. The fourth-order valence-corrected chi connectivity index (χ4v) is 4.25. The summed E-state index contributed by atoms with van der Waals surface area (Å²) in [4.78, 5) is 14.8. The van der Waals surface area contributed by atoms with Crippen molar-refractivity contribution in [1.82, 2.24) is 13.6 Å². The summed E-state index contributed by atoms with van der Waals surface area (Å²) in [6, 6.07) is 18.0. The molecule has 2 aromatic carbocycles. The van der Waals surface area contributed by atoms with Crippen molar-refractivity contribution in [3.8, 4) is 5.75 Å². The number of piperidine rings is 1. The maximum atomic E-state index is 12.8. The van der Waals surface area contributed by atoms with Gasteiger partial charge in [-0.2, -0.15) is 8.75 Å². The van der Waals surface area contributed by atoms with Gasteiger partial charge in [-0.1, -0.05) is 30.3 Å². The van der Waals surface area contributed by atoms with Crippen molar-refractivity contribution in [3.05, 3.63) is 77.1 Å². The third kappa shape index (κ3) is 5.01. The Morgan fingerprint density at radius 2 is 1.79 bits per heavy atom. The Morgan fingerprint density at radius 1 is 1.07 bits per heavy atom. The minimum Gasteiger partial charge on any atom is -0.487 e. The summed E-state index contributed by atoms with van der Waals surface area (Å²) in [7, 11) is 0. The summed E-state index contributed by atoms with van der Waals surface area (Å²) in [6.45, 7) is 3.97. The number of carbonyl (C=O) groups excluding carboxylic acids is 1. The number of benzene rings is 2. The van der Waals surface area contributed by atoms with Gasteiger partial charge in [0.25, 0.3) is 5.91 Å². The third-order valence-corrected chi connectivity index (χ3v) is 6.15. The smallest absolute Gasteiger partial charge is 0.253 e. The Morgan fingerprint density at radius 3 is 2.45 bits per heavy atom. The number of rotatable bonds is 6. The molecule has 0 aliphatic carbocycles. The first-order valence-electron chi connectivity index (χ1n) is 10.0. The Hall–Kier alpha value is -2.73. The fraction of sp³-hybridized carbons (Fsp3) is 0.348. The maximum Gasteiger partial charge on any atom is 0.253 e. The second-order valence-electron chi connectivity index (χ2n) is 7.53. The molecular formula is C23H25N3O2S. The second kappa shape index (κ2) is 9.18. The van der Waals surface area contributed by atoms with Gasteiger partial charge < -0.3 is 9.64 Å². The third-order valence-electron chi connectivity index (χ3n) is 5.49. The summed E-state index contributed by atoms with van der Waals surface area (Å²) in [5, 5.41) is 0. The highest BCUT2D eigenvalue weighted by Gasteiger charge is 2.23. The second-order valence-corrected chi connectivity index (χ2v) is 8.06. The summed E-state index contributed by atoms with van der Waals surface area (Å²) >= 11 is 1.19. The molecule has 1 fully saturated rings. The summed E-state index contributed by atoms with van der Waals surface area (Å²) in [5.41, 5.74) is 3.85. The lowest BCUT2D eigenvalue weighted by atomic mass is 9.90. The molecule has 0 radical (unpaired) electrons. The highest BCUT2D eigenvalue weighted by atomic mass is 32.1. The summed E-state index contributed by atoms with van der Waals surface area (Å²) in [5.74, 6) is 1.49. The van der Waals surface area contributed by atoms with Gasteiger partial charge in [-0.25, -0.2) is 0 Å². The van der Waals surface area contributed by atoms with Gasteiger partial charge in [0.1, 0.15) is 18.1 Å². The van der Waals surface area contributed by atoms with Crippen LogP contribution in [0.25, 0.3) is 0 Å². The zero-order valence-electron chi connectivity index (χ0n) is 16.6. The van der Waals surface area contributed by atoms with E-state index in [9.17, 15) is 4.79 Å². The van der Waals surface area contributed by atoms with E-state index in [0.717, 1.165) is 49.5 Å². The molecular weight excluding hydrogens is 382 g/mol. The van der Waals surface area contributed by atoms with E-state index in [2.05, 4.69) is 39.1 Å². The highest BCUT2D eigenvalue weighted by Crippen LogP contribution is 2.23. The first kappa shape index (κ1) is 19.6. The molecule has 3 aromatic rings. The number of carbonyl (C=O) groups is 1. The number of amides is 1.